The van der Waals surface area contributed by atoms with E-state index in [1.54, 1.807) is 12.4 Å². The van der Waals surface area contributed by atoms with E-state index in [9.17, 15) is 0 Å². The third kappa shape index (κ3) is 2.00. The molecule has 2 aromatic heterocycles. The van der Waals surface area contributed by atoms with Crippen molar-refractivity contribution in [3.05, 3.63) is 48.2 Å². The molecule has 5 nitrogen and oxygen atoms in total. The van der Waals surface area contributed by atoms with Gasteiger partial charge in [0, 0.05) is 43.4 Å². The second kappa shape index (κ2) is 4.77. The fraction of sp³-hybridized carbons (Fsp3) is 0.438. The first-order valence-electron chi connectivity index (χ1n) is 7.49. The predicted octanol–water partition coefficient (Wildman–Crippen LogP) is 1.71. The second-order valence-electron chi connectivity index (χ2n) is 6.11. The average Bonchev–Trinajstić information content (AvgIpc) is 2.82. The van der Waals surface area contributed by atoms with Gasteiger partial charge in [-0.25, -0.2) is 4.98 Å². The number of aromatic nitrogens is 3. The van der Waals surface area contributed by atoms with Crippen LogP contribution in [-0.2, 0) is 6.42 Å². The molecule has 5 heteroatoms. The number of pyridine rings is 1. The maximum atomic E-state index is 6.55. The van der Waals surface area contributed by atoms with Crippen LogP contribution in [0.25, 0.3) is 0 Å². The highest BCUT2D eigenvalue weighted by molar-refractivity contribution is 5.38. The van der Waals surface area contributed by atoms with Gasteiger partial charge in [0.05, 0.1) is 6.20 Å². The first kappa shape index (κ1) is 12.7. The molecular formula is C16H19N5. The first-order chi connectivity index (χ1) is 10.3. The summed E-state index contributed by atoms with van der Waals surface area (Å²) in [6.07, 6.45) is 10.4. The number of piperidine rings is 1. The van der Waals surface area contributed by atoms with Crippen molar-refractivity contribution >= 4 is 5.82 Å². The van der Waals surface area contributed by atoms with E-state index in [2.05, 4.69) is 25.9 Å². The summed E-state index contributed by atoms with van der Waals surface area (Å²) in [4.78, 5) is 15.4. The number of nitrogens with zero attached hydrogens (tertiary/aromatic N) is 4. The molecule has 0 saturated carbocycles. The van der Waals surface area contributed by atoms with E-state index in [-0.39, 0.29) is 11.5 Å². The molecule has 1 spiro atoms. The Hall–Kier alpha value is -2.01. The van der Waals surface area contributed by atoms with Crippen molar-refractivity contribution in [2.75, 3.05) is 18.0 Å². The molecule has 1 fully saturated rings. The summed E-state index contributed by atoms with van der Waals surface area (Å²) >= 11 is 0. The Morgan fingerprint density at radius 3 is 2.71 bits per heavy atom. The van der Waals surface area contributed by atoms with Crippen LogP contribution in [-0.4, -0.2) is 28.0 Å². The second-order valence-corrected chi connectivity index (χ2v) is 6.11. The van der Waals surface area contributed by atoms with E-state index in [0.29, 0.717) is 0 Å². The van der Waals surface area contributed by atoms with E-state index < -0.39 is 0 Å². The van der Waals surface area contributed by atoms with Gasteiger partial charge in [-0.2, -0.15) is 0 Å². The van der Waals surface area contributed by atoms with E-state index in [0.717, 1.165) is 38.2 Å². The Morgan fingerprint density at radius 1 is 1.14 bits per heavy atom. The largest absolute Gasteiger partial charge is 0.355 e. The number of anilines is 1. The molecule has 21 heavy (non-hydrogen) atoms. The fourth-order valence-electron chi connectivity index (χ4n) is 3.78. The van der Waals surface area contributed by atoms with Gasteiger partial charge in [-0.15, -0.1) is 0 Å². The molecule has 2 aromatic rings. The highest BCUT2D eigenvalue weighted by Crippen LogP contribution is 2.50. The minimum atomic E-state index is 0.116. The van der Waals surface area contributed by atoms with Gasteiger partial charge in [0.15, 0.2) is 0 Å². The zero-order valence-corrected chi connectivity index (χ0v) is 11.9. The summed E-state index contributed by atoms with van der Waals surface area (Å²) in [6, 6.07) is 4.24. The molecule has 0 bridgehead atoms. The van der Waals surface area contributed by atoms with E-state index in [4.69, 9.17) is 5.73 Å². The molecule has 1 atom stereocenters. The van der Waals surface area contributed by atoms with E-state index in [1.807, 2.05) is 18.5 Å². The fourth-order valence-corrected chi connectivity index (χ4v) is 3.78. The molecule has 108 valence electrons. The lowest BCUT2D eigenvalue weighted by Crippen LogP contribution is -2.44. The third-order valence-corrected chi connectivity index (χ3v) is 5.07. The lowest BCUT2D eigenvalue weighted by molar-refractivity contribution is 0.186. The molecule has 2 aliphatic rings. The van der Waals surface area contributed by atoms with Crippen LogP contribution in [0.4, 0.5) is 5.82 Å². The topological polar surface area (TPSA) is 67.9 Å². The Bertz CT molecular complexity index is 634. The van der Waals surface area contributed by atoms with Crippen molar-refractivity contribution in [3.8, 4) is 0 Å². The quantitative estimate of drug-likeness (QED) is 0.862. The van der Waals surface area contributed by atoms with E-state index >= 15 is 0 Å². The van der Waals surface area contributed by atoms with Crippen molar-refractivity contribution in [1.29, 1.82) is 0 Å². The Morgan fingerprint density at radius 2 is 2.00 bits per heavy atom. The van der Waals surface area contributed by atoms with Crippen LogP contribution in [0, 0.1) is 5.41 Å². The molecular weight excluding hydrogens is 262 g/mol. The van der Waals surface area contributed by atoms with Crippen LogP contribution >= 0.6 is 0 Å². The maximum Gasteiger partial charge on any atom is 0.147 e. The monoisotopic (exact) mass is 281 g/mol. The average molecular weight is 281 g/mol. The molecule has 1 aliphatic carbocycles. The van der Waals surface area contributed by atoms with Gasteiger partial charge in [-0.05, 0) is 36.3 Å². The van der Waals surface area contributed by atoms with Gasteiger partial charge in [-0.3, -0.25) is 9.97 Å². The van der Waals surface area contributed by atoms with Crippen molar-refractivity contribution in [1.82, 2.24) is 15.0 Å². The lowest BCUT2D eigenvalue weighted by atomic mass is 9.73. The summed E-state index contributed by atoms with van der Waals surface area (Å²) in [5.74, 6) is 0.967. The van der Waals surface area contributed by atoms with Crippen LogP contribution in [0.1, 0.15) is 30.1 Å². The number of hydrogen-bond donors (Lipinski definition) is 1. The molecule has 4 rings (SSSR count). The van der Waals surface area contributed by atoms with Crippen molar-refractivity contribution in [3.63, 3.8) is 0 Å². The molecule has 0 radical (unpaired) electrons. The molecule has 1 aliphatic heterocycles. The molecule has 3 heterocycles. The van der Waals surface area contributed by atoms with Crippen LogP contribution in [0.2, 0.25) is 0 Å². The highest BCUT2D eigenvalue weighted by atomic mass is 15.2. The molecule has 2 N–H and O–H groups in total. The van der Waals surface area contributed by atoms with Gasteiger partial charge in [0.25, 0.3) is 0 Å². The zero-order chi connectivity index (χ0) is 14.3. The molecule has 0 amide bonds. The highest BCUT2D eigenvalue weighted by Gasteiger charge is 2.46. The van der Waals surface area contributed by atoms with Crippen LogP contribution in [0.3, 0.4) is 0 Å². The third-order valence-electron chi connectivity index (χ3n) is 5.07. The standard InChI is InChI=1S/C16H19N5/c17-15-12-2-1-5-19-13(12)10-16(15)3-8-21(9-4-16)14-11-18-6-7-20-14/h1-2,5-7,11,15H,3-4,8-10,17H2. The van der Waals surface area contributed by atoms with Crippen molar-refractivity contribution < 1.29 is 0 Å². The van der Waals surface area contributed by atoms with Crippen LogP contribution < -0.4 is 10.6 Å². The van der Waals surface area contributed by atoms with Gasteiger partial charge < -0.3 is 10.6 Å². The number of nitrogens with two attached hydrogens (primary N) is 1. The number of rotatable bonds is 1. The molecule has 1 saturated heterocycles. The van der Waals surface area contributed by atoms with Gasteiger partial charge >= 0.3 is 0 Å². The smallest absolute Gasteiger partial charge is 0.147 e. The van der Waals surface area contributed by atoms with Gasteiger partial charge in [0.1, 0.15) is 5.82 Å². The minimum absolute atomic E-state index is 0.116. The normalized spacial score (nSPS) is 23.3. The Balaban J connectivity index is 1.54. The summed E-state index contributed by atoms with van der Waals surface area (Å²) < 4.78 is 0. The summed E-state index contributed by atoms with van der Waals surface area (Å²) in [6.45, 7) is 1.97. The van der Waals surface area contributed by atoms with Gasteiger partial charge in [0.2, 0.25) is 0 Å². The summed E-state index contributed by atoms with van der Waals surface area (Å²) in [5, 5.41) is 0. The Kier molecular flexibility index (Phi) is 2.89. The predicted molar refractivity (Wildman–Crippen MR) is 80.8 cm³/mol. The zero-order valence-electron chi connectivity index (χ0n) is 11.9. The van der Waals surface area contributed by atoms with Crippen molar-refractivity contribution in [2.24, 2.45) is 11.1 Å². The summed E-state index contributed by atoms with van der Waals surface area (Å²) in [7, 11) is 0. The van der Waals surface area contributed by atoms with Crippen LogP contribution in [0.5, 0.6) is 0 Å². The molecule has 1 unspecified atom stereocenters. The number of hydrogen-bond acceptors (Lipinski definition) is 5. The van der Waals surface area contributed by atoms with E-state index in [1.165, 1.54) is 11.3 Å². The number of fused-ring (bicyclic) bond motifs is 1. The first-order valence-corrected chi connectivity index (χ1v) is 7.49. The summed E-state index contributed by atoms with van der Waals surface area (Å²) in [5.41, 5.74) is 9.16. The van der Waals surface area contributed by atoms with Crippen LogP contribution in [0.15, 0.2) is 36.9 Å². The minimum Gasteiger partial charge on any atom is -0.355 e. The van der Waals surface area contributed by atoms with Gasteiger partial charge in [-0.1, -0.05) is 6.07 Å². The van der Waals surface area contributed by atoms with Crippen molar-refractivity contribution in [2.45, 2.75) is 25.3 Å². The molecule has 0 aromatic carbocycles. The Labute approximate surface area is 124 Å². The lowest BCUT2D eigenvalue weighted by Gasteiger charge is -2.42. The SMILES string of the molecule is NC1c2cccnc2CC12CCN(c1cnccn1)CC2. The maximum absolute atomic E-state index is 6.55.